The van der Waals surface area contributed by atoms with Crippen LogP contribution in [0.25, 0.3) is 10.1 Å². The van der Waals surface area contributed by atoms with Crippen molar-refractivity contribution in [3.05, 3.63) is 58.4 Å². The minimum atomic E-state index is -0.630. The van der Waals surface area contributed by atoms with Crippen molar-refractivity contribution in [2.24, 2.45) is 0 Å². The molecule has 3 aromatic rings. The number of hydrogen-bond acceptors (Lipinski definition) is 4. The molecule has 31 heavy (non-hydrogen) atoms. The molecule has 4 rings (SSSR count). The van der Waals surface area contributed by atoms with Crippen LogP contribution >= 0.6 is 22.9 Å². The van der Waals surface area contributed by atoms with Crippen LogP contribution < -0.4 is 15.5 Å². The summed E-state index contributed by atoms with van der Waals surface area (Å²) >= 11 is 7.79. The first-order valence-electron chi connectivity index (χ1n) is 10.7. The van der Waals surface area contributed by atoms with E-state index in [9.17, 15) is 9.59 Å². The van der Waals surface area contributed by atoms with Crippen LogP contribution in [0.3, 0.4) is 0 Å². The molecule has 0 aliphatic carbocycles. The normalized spacial score (nSPS) is 14.6. The van der Waals surface area contributed by atoms with Crippen LogP contribution in [0.1, 0.15) is 42.3 Å². The van der Waals surface area contributed by atoms with Crippen LogP contribution in [0.15, 0.2) is 48.5 Å². The monoisotopic (exact) mass is 455 g/mol. The maximum Gasteiger partial charge on any atom is 0.263 e. The van der Waals surface area contributed by atoms with Gasteiger partial charge < -0.3 is 15.5 Å². The number of fused-ring (bicyclic) bond motifs is 1. The number of carbonyl (C=O) groups excluding carboxylic acids is 2. The SMILES string of the molecule is CCCC(NC(=O)c1sc2ccccc2c1Cl)C(=O)Nc1cccc(N2CCCC2)c1. The Bertz CT molecular complexity index is 1090. The third kappa shape index (κ3) is 4.86. The molecule has 5 nitrogen and oxygen atoms in total. The molecule has 1 saturated heterocycles. The molecule has 0 saturated carbocycles. The lowest BCUT2D eigenvalue weighted by molar-refractivity contribution is -0.118. The molecule has 2 N–H and O–H groups in total. The zero-order valence-electron chi connectivity index (χ0n) is 17.5. The first kappa shape index (κ1) is 21.7. The molecule has 2 aromatic carbocycles. The van der Waals surface area contributed by atoms with Gasteiger partial charge in [0, 0.05) is 34.6 Å². The number of amides is 2. The summed E-state index contributed by atoms with van der Waals surface area (Å²) in [4.78, 5) is 28.7. The van der Waals surface area contributed by atoms with Gasteiger partial charge in [0.2, 0.25) is 5.91 Å². The summed E-state index contributed by atoms with van der Waals surface area (Å²) in [5, 5.41) is 7.16. The van der Waals surface area contributed by atoms with Crippen LogP contribution in [0.4, 0.5) is 11.4 Å². The molecule has 0 radical (unpaired) electrons. The maximum atomic E-state index is 13.0. The Kier molecular flexibility index (Phi) is 6.78. The van der Waals surface area contributed by atoms with Gasteiger partial charge in [-0.05, 0) is 43.5 Å². The van der Waals surface area contributed by atoms with E-state index in [-0.39, 0.29) is 11.8 Å². The van der Waals surface area contributed by atoms with E-state index in [1.165, 1.54) is 24.2 Å². The molecule has 0 spiro atoms. The molecule has 2 heterocycles. The summed E-state index contributed by atoms with van der Waals surface area (Å²) < 4.78 is 0.952. The highest BCUT2D eigenvalue weighted by atomic mass is 35.5. The largest absolute Gasteiger partial charge is 0.371 e. The van der Waals surface area contributed by atoms with Crippen LogP contribution in [0.5, 0.6) is 0 Å². The Morgan fingerprint density at radius 1 is 1.13 bits per heavy atom. The predicted octanol–water partition coefficient (Wildman–Crippen LogP) is 5.69. The fourth-order valence-corrected chi connectivity index (χ4v) is 5.35. The van der Waals surface area contributed by atoms with E-state index in [0.29, 0.717) is 16.3 Å². The van der Waals surface area contributed by atoms with Gasteiger partial charge in [-0.1, -0.05) is 49.2 Å². The molecule has 1 aliphatic heterocycles. The average Bonchev–Trinajstić information content (AvgIpc) is 3.42. The molecular weight excluding hydrogens is 430 g/mol. The highest BCUT2D eigenvalue weighted by Crippen LogP contribution is 2.35. The lowest BCUT2D eigenvalue weighted by Crippen LogP contribution is -2.43. The number of nitrogens with one attached hydrogen (secondary N) is 2. The van der Waals surface area contributed by atoms with Crippen molar-refractivity contribution in [2.45, 2.75) is 38.6 Å². The topological polar surface area (TPSA) is 61.4 Å². The van der Waals surface area contributed by atoms with Gasteiger partial charge in [0.15, 0.2) is 0 Å². The minimum Gasteiger partial charge on any atom is -0.371 e. The predicted molar refractivity (Wildman–Crippen MR) is 130 cm³/mol. The number of halogens is 1. The molecule has 1 atom stereocenters. The number of rotatable bonds is 7. The Balaban J connectivity index is 1.47. The van der Waals surface area contributed by atoms with Gasteiger partial charge in [-0.15, -0.1) is 11.3 Å². The van der Waals surface area contributed by atoms with Crippen molar-refractivity contribution in [2.75, 3.05) is 23.3 Å². The van der Waals surface area contributed by atoms with Crippen molar-refractivity contribution in [3.8, 4) is 0 Å². The fourth-order valence-electron chi connectivity index (χ4n) is 3.93. The third-order valence-corrected chi connectivity index (χ3v) is 7.20. The summed E-state index contributed by atoms with van der Waals surface area (Å²) in [7, 11) is 0. The quantitative estimate of drug-likeness (QED) is 0.481. The second-order valence-corrected chi connectivity index (χ2v) is 9.22. The van der Waals surface area contributed by atoms with E-state index < -0.39 is 6.04 Å². The Hall–Kier alpha value is -2.57. The Morgan fingerprint density at radius 3 is 2.65 bits per heavy atom. The van der Waals surface area contributed by atoms with Gasteiger partial charge in [-0.3, -0.25) is 9.59 Å². The maximum absolute atomic E-state index is 13.0. The first-order chi connectivity index (χ1) is 15.1. The summed E-state index contributed by atoms with van der Waals surface area (Å²) in [6.07, 6.45) is 3.71. The second kappa shape index (κ2) is 9.71. The van der Waals surface area contributed by atoms with Gasteiger partial charge in [0.1, 0.15) is 10.9 Å². The number of anilines is 2. The van der Waals surface area contributed by atoms with Gasteiger partial charge in [0.25, 0.3) is 5.91 Å². The van der Waals surface area contributed by atoms with E-state index in [0.717, 1.165) is 41.0 Å². The lowest BCUT2D eigenvalue weighted by atomic mass is 10.1. The molecule has 1 fully saturated rings. The smallest absolute Gasteiger partial charge is 0.263 e. The van der Waals surface area contributed by atoms with Crippen LogP contribution in [-0.2, 0) is 4.79 Å². The van der Waals surface area contributed by atoms with Crippen molar-refractivity contribution >= 4 is 56.2 Å². The van der Waals surface area contributed by atoms with Crippen molar-refractivity contribution in [1.82, 2.24) is 5.32 Å². The molecule has 2 amide bonds. The van der Waals surface area contributed by atoms with Crippen LogP contribution in [0, 0.1) is 0 Å². The van der Waals surface area contributed by atoms with E-state index in [2.05, 4.69) is 21.6 Å². The Morgan fingerprint density at radius 2 is 1.90 bits per heavy atom. The minimum absolute atomic E-state index is 0.217. The number of carbonyl (C=O) groups is 2. The van der Waals surface area contributed by atoms with E-state index in [4.69, 9.17) is 11.6 Å². The zero-order chi connectivity index (χ0) is 21.8. The highest BCUT2D eigenvalue weighted by Gasteiger charge is 2.24. The molecule has 1 aliphatic rings. The molecule has 1 aromatic heterocycles. The molecular formula is C24H26ClN3O2S. The van der Waals surface area contributed by atoms with Gasteiger partial charge >= 0.3 is 0 Å². The van der Waals surface area contributed by atoms with E-state index in [1.807, 2.05) is 49.4 Å². The van der Waals surface area contributed by atoms with E-state index in [1.54, 1.807) is 0 Å². The number of hydrogen-bond donors (Lipinski definition) is 2. The third-order valence-electron chi connectivity index (χ3n) is 5.53. The van der Waals surface area contributed by atoms with E-state index >= 15 is 0 Å². The summed E-state index contributed by atoms with van der Waals surface area (Å²) in [6.45, 7) is 4.08. The van der Waals surface area contributed by atoms with Gasteiger partial charge in [-0.2, -0.15) is 0 Å². The highest BCUT2D eigenvalue weighted by molar-refractivity contribution is 7.21. The van der Waals surface area contributed by atoms with Crippen molar-refractivity contribution in [3.63, 3.8) is 0 Å². The summed E-state index contributed by atoms with van der Waals surface area (Å²) in [5.74, 6) is -0.531. The van der Waals surface area contributed by atoms with Crippen LogP contribution in [0.2, 0.25) is 5.02 Å². The standard InChI is InChI=1S/C24H26ClN3O2S/c1-2-8-19(27-24(30)22-21(25)18-11-3-4-12-20(18)31-22)23(29)26-16-9-7-10-17(15-16)28-13-5-6-14-28/h3-4,7,9-12,15,19H,2,5-6,8,13-14H2,1H3,(H,26,29)(H,27,30). The second-order valence-electron chi connectivity index (χ2n) is 7.79. The zero-order valence-corrected chi connectivity index (χ0v) is 19.1. The van der Waals surface area contributed by atoms with Gasteiger partial charge in [0.05, 0.1) is 5.02 Å². The molecule has 1 unspecified atom stereocenters. The molecule has 7 heteroatoms. The lowest BCUT2D eigenvalue weighted by Gasteiger charge is -2.20. The van der Waals surface area contributed by atoms with Gasteiger partial charge in [-0.25, -0.2) is 0 Å². The first-order valence-corrected chi connectivity index (χ1v) is 11.9. The van der Waals surface area contributed by atoms with Crippen molar-refractivity contribution < 1.29 is 9.59 Å². The summed E-state index contributed by atoms with van der Waals surface area (Å²) in [5.41, 5.74) is 1.85. The number of thiophene rings is 1. The molecule has 0 bridgehead atoms. The van der Waals surface area contributed by atoms with Crippen LogP contribution in [-0.4, -0.2) is 30.9 Å². The summed E-state index contributed by atoms with van der Waals surface area (Å²) in [6, 6.07) is 14.9. The number of benzene rings is 2. The van der Waals surface area contributed by atoms with Crippen molar-refractivity contribution in [1.29, 1.82) is 0 Å². The number of nitrogens with zero attached hydrogens (tertiary/aromatic N) is 1. The molecule has 162 valence electrons. The fraction of sp³-hybridized carbons (Fsp3) is 0.333. The average molecular weight is 456 g/mol. The Labute approximate surface area is 191 Å².